The molecule has 1 amide bonds. The number of carbonyl (C=O) groups excluding carboxylic acids is 1. The third-order valence-corrected chi connectivity index (χ3v) is 6.69. The minimum atomic E-state index is -3.77. The van der Waals surface area contributed by atoms with Crippen LogP contribution in [-0.2, 0) is 21.4 Å². The van der Waals surface area contributed by atoms with Crippen LogP contribution in [0, 0.1) is 0 Å². The molecular formula is C23H23N3O3S. The lowest BCUT2D eigenvalue weighted by Crippen LogP contribution is -2.41. The van der Waals surface area contributed by atoms with Gasteiger partial charge in [-0.3, -0.25) is 4.79 Å². The molecule has 0 aliphatic carbocycles. The van der Waals surface area contributed by atoms with Crippen LogP contribution in [0.2, 0.25) is 0 Å². The molecule has 0 unspecified atom stereocenters. The van der Waals surface area contributed by atoms with E-state index < -0.39 is 22.0 Å². The molecule has 0 aliphatic heterocycles. The highest BCUT2D eigenvalue weighted by Crippen LogP contribution is 2.31. The smallest absolute Gasteiger partial charge is 0.242 e. The highest BCUT2D eigenvalue weighted by molar-refractivity contribution is 7.89. The second-order valence-electron chi connectivity index (χ2n) is 7.14. The molecule has 4 rings (SSSR count). The van der Waals surface area contributed by atoms with Crippen molar-refractivity contribution >= 4 is 43.4 Å². The Morgan fingerprint density at radius 3 is 2.33 bits per heavy atom. The summed E-state index contributed by atoms with van der Waals surface area (Å²) in [5, 5.41) is 4.98. The van der Waals surface area contributed by atoms with E-state index in [0.29, 0.717) is 5.69 Å². The molecule has 0 spiro atoms. The van der Waals surface area contributed by atoms with E-state index in [4.69, 9.17) is 0 Å². The number of sulfonamides is 1. The maximum absolute atomic E-state index is 12.6. The number of nitrogens with one attached hydrogen (secondary N) is 2. The lowest BCUT2D eigenvalue weighted by molar-refractivity contribution is -0.117. The van der Waals surface area contributed by atoms with Gasteiger partial charge in [-0.05, 0) is 50.2 Å². The molecule has 6 nitrogen and oxygen atoms in total. The molecule has 1 atom stereocenters. The Morgan fingerprint density at radius 1 is 0.933 bits per heavy atom. The van der Waals surface area contributed by atoms with Gasteiger partial charge in [0.25, 0.3) is 0 Å². The number of benzene rings is 3. The third kappa shape index (κ3) is 3.69. The predicted octanol–water partition coefficient (Wildman–Crippen LogP) is 4.12. The van der Waals surface area contributed by atoms with Gasteiger partial charge in [0.15, 0.2) is 0 Å². The standard InChI is InChI=1S/C23H23N3O3S/c1-3-26-21-12-8-7-11-19(21)20-15-17(13-14-22(20)26)24-23(27)16(2)25-30(28,29)18-9-5-4-6-10-18/h4-16,25H,3H2,1-2H3,(H,24,27)/t16-/m1/s1. The lowest BCUT2D eigenvalue weighted by Gasteiger charge is -2.14. The Labute approximate surface area is 175 Å². The molecule has 3 aromatic carbocycles. The lowest BCUT2D eigenvalue weighted by atomic mass is 10.1. The van der Waals surface area contributed by atoms with Crippen LogP contribution in [0.25, 0.3) is 21.8 Å². The Balaban J connectivity index is 1.58. The van der Waals surface area contributed by atoms with Crippen molar-refractivity contribution in [1.29, 1.82) is 0 Å². The molecule has 0 saturated carbocycles. The van der Waals surface area contributed by atoms with Crippen LogP contribution in [0.5, 0.6) is 0 Å². The van der Waals surface area contributed by atoms with Crippen LogP contribution in [0.1, 0.15) is 13.8 Å². The Kier molecular flexibility index (Phi) is 5.32. The second kappa shape index (κ2) is 7.93. The van der Waals surface area contributed by atoms with Crippen molar-refractivity contribution in [3.05, 3.63) is 72.8 Å². The van der Waals surface area contributed by atoms with Crippen LogP contribution in [-0.4, -0.2) is 24.9 Å². The molecule has 1 heterocycles. The normalized spacial score (nSPS) is 12.9. The summed E-state index contributed by atoms with van der Waals surface area (Å²) in [6.45, 7) is 4.47. The SMILES string of the molecule is CCn1c2ccccc2c2cc(NC(=O)[C@@H](C)NS(=O)(=O)c3ccccc3)ccc21. The van der Waals surface area contributed by atoms with Gasteiger partial charge in [0.05, 0.1) is 10.9 Å². The predicted molar refractivity (Wildman–Crippen MR) is 120 cm³/mol. The van der Waals surface area contributed by atoms with Gasteiger partial charge in [0, 0.05) is 34.0 Å². The summed E-state index contributed by atoms with van der Waals surface area (Å²) >= 11 is 0. The number of carbonyl (C=O) groups is 1. The zero-order valence-electron chi connectivity index (χ0n) is 16.8. The molecule has 7 heteroatoms. The molecule has 154 valence electrons. The summed E-state index contributed by atoms with van der Waals surface area (Å²) in [6.07, 6.45) is 0. The zero-order valence-corrected chi connectivity index (χ0v) is 17.6. The molecule has 0 radical (unpaired) electrons. The molecule has 2 N–H and O–H groups in total. The van der Waals surface area contributed by atoms with Gasteiger partial charge in [-0.25, -0.2) is 8.42 Å². The molecule has 0 bridgehead atoms. The second-order valence-corrected chi connectivity index (χ2v) is 8.85. The van der Waals surface area contributed by atoms with Crippen molar-refractivity contribution in [3.8, 4) is 0 Å². The largest absolute Gasteiger partial charge is 0.341 e. The maximum atomic E-state index is 12.6. The number of para-hydroxylation sites is 1. The number of anilines is 1. The first kappa shape index (κ1) is 20.1. The number of aryl methyl sites for hydroxylation is 1. The Hall–Kier alpha value is -3.16. The molecule has 30 heavy (non-hydrogen) atoms. The molecular weight excluding hydrogens is 398 g/mol. The van der Waals surface area contributed by atoms with Crippen molar-refractivity contribution in [3.63, 3.8) is 0 Å². The minimum Gasteiger partial charge on any atom is -0.341 e. The van der Waals surface area contributed by atoms with E-state index in [2.05, 4.69) is 33.7 Å². The molecule has 1 aromatic heterocycles. The van der Waals surface area contributed by atoms with Crippen molar-refractivity contribution in [2.24, 2.45) is 0 Å². The molecule has 0 saturated heterocycles. The van der Waals surface area contributed by atoms with Gasteiger partial charge in [0.1, 0.15) is 0 Å². The highest BCUT2D eigenvalue weighted by Gasteiger charge is 2.22. The van der Waals surface area contributed by atoms with Crippen molar-refractivity contribution in [2.45, 2.75) is 31.3 Å². The quantitative estimate of drug-likeness (QED) is 0.491. The van der Waals surface area contributed by atoms with E-state index in [-0.39, 0.29) is 4.90 Å². The fourth-order valence-electron chi connectivity index (χ4n) is 3.68. The van der Waals surface area contributed by atoms with Crippen LogP contribution in [0.4, 0.5) is 5.69 Å². The molecule has 0 fully saturated rings. The van der Waals surface area contributed by atoms with Gasteiger partial charge in [-0.1, -0.05) is 36.4 Å². The molecule has 4 aromatic rings. The van der Waals surface area contributed by atoms with Crippen molar-refractivity contribution in [2.75, 3.05) is 5.32 Å². The van der Waals surface area contributed by atoms with E-state index in [1.165, 1.54) is 19.1 Å². The number of fused-ring (bicyclic) bond motifs is 3. The first-order valence-electron chi connectivity index (χ1n) is 9.80. The summed E-state index contributed by atoms with van der Waals surface area (Å²) in [5.41, 5.74) is 2.86. The average Bonchev–Trinajstić information content (AvgIpc) is 3.07. The van der Waals surface area contributed by atoms with E-state index >= 15 is 0 Å². The average molecular weight is 422 g/mol. The summed E-state index contributed by atoms with van der Waals surface area (Å²) < 4.78 is 29.6. The number of hydrogen-bond donors (Lipinski definition) is 2. The summed E-state index contributed by atoms with van der Waals surface area (Å²) in [4.78, 5) is 12.8. The fourth-order valence-corrected chi connectivity index (χ4v) is 4.90. The van der Waals surface area contributed by atoms with Gasteiger partial charge >= 0.3 is 0 Å². The fraction of sp³-hybridized carbons (Fsp3) is 0.174. The topological polar surface area (TPSA) is 80.2 Å². The Bertz CT molecular complexity index is 1330. The molecule has 0 aliphatic rings. The number of nitrogens with zero attached hydrogens (tertiary/aromatic N) is 1. The van der Waals surface area contributed by atoms with Crippen LogP contribution in [0.15, 0.2) is 77.7 Å². The third-order valence-electron chi connectivity index (χ3n) is 5.13. The van der Waals surface area contributed by atoms with E-state index in [1.807, 2.05) is 30.3 Å². The van der Waals surface area contributed by atoms with Crippen molar-refractivity contribution < 1.29 is 13.2 Å². The first-order valence-corrected chi connectivity index (χ1v) is 11.3. The Morgan fingerprint density at radius 2 is 1.60 bits per heavy atom. The number of aromatic nitrogens is 1. The van der Waals surface area contributed by atoms with E-state index in [9.17, 15) is 13.2 Å². The van der Waals surface area contributed by atoms with Crippen LogP contribution >= 0.6 is 0 Å². The number of rotatable bonds is 6. The van der Waals surface area contributed by atoms with Crippen molar-refractivity contribution in [1.82, 2.24) is 9.29 Å². The van der Waals surface area contributed by atoms with Crippen LogP contribution in [0.3, 0.4) is 0 Å². The zero-order chi connectivity index (χ0) is 21.3. The van der Waals surface area contributed by atoms with Gasteiger partial charge < -0.3 is 9.88 Å². The summed E-state index contributed by atoms with van der Waals surface area (Å²) in [6, 6.07) is 21.0. The highest BCUT2D eigenvalue weighted by atomic mass is 32.2. The minimum absolute atomic E-state index is 0.124. The van der Waals surface area contributed by atoms with Crippen LogP contribution < -0.4 is 10.0 Å². The number of amides is 1. The number of hydrogen-bond acceptors (Lipinski definition) is 3. The van der Waals surface area contributed by atoms with Gasteiger partial charge in [-0.2, -0.15) is 4.72 Å². The van der Waals surface area contributed by atoms with Gasteiger partial charge in [0.2, 0.25) is 15.9 Å². The van der Waals surface area contributed by atoms with E-state index in [1.54, 1.807) is 18.2 Å². The maximum Gasteiger partial charge on any atom is 0.242 e. The van der Waals surface area contributed by atoms with E-state index in [0.717, 1.165) is 28.4 Å². The van der Waals surface area contributed by atoms with Gasteiger partial charge in [-0.15, -0.1) is 0 Å². The summed E-state index contributed by atoms with van der Waals surface area (Å²) in [5.74, 6) is -0.423. The summed E-state index contributed by atoms with van der Waals surface area (Å²) in [7, 11) is -3.77. The first-order chi connectivity index (χ1) is 14.4. The monoisotopic (exact) mass is 421 g/mol.